The van der Waals surface area contributed by atoms with E-state index in [0.717, 1.165) is 31.0 Å². The Morgan fingerprint density at radius 1 is 1.35 bits per heavy atom. The van der Waals surface area contributed by atoms with E-state index in [1.54, 1.807) is 6.92 Å². The number of aromatic hydroxyl groups is 1. The van der Waals surface area contributed by atoms with Gasteiger partial charge in [-0.1, -0.05) is 0 Å². The quantitative estimate of drug-likeness (QED) is 0.841. The molecule has 3 N–H and O–H groups in total. The maximum absolute atomic E-state index is 12.6. The molecule has 1 aliphatic carbocycles. The third kappa shape index (κ3) is 1.99. The van der Waals surface area contributed by atoms with E-state index >= 15 is 0 Å². The Balaban J connectivity index is 2.48. The average molecular weight is 245 g/mol. The Kier molecular flexibility index (Phi) is 2.61. The fraction of sp³-hybridized carbons (Fsp3) is 0.500. The second-order valence-corrected chi connectivity index (χ2v) is 4.67. The third-order valence-corrected chi connectivity index (χ3v) is 3.52. The van der Waals surface area contributed by atoms with Crippen molar-refractivity contribution in [1.82, 2.24) is 0 Å². The molecule has 1 unspecified atom stereocenters. The van der Waals surface area contributed by atoms with Gasteiger partial charge in [0.1, 0.15) is 5.75 Å². The van der Waals surface area contributed by atoms with Crippen LogP contribution in [-0.4, -0.2) is 11.1 Å². The number of benzene rings is 1. The molecule has 2 rings (SSSR count). The first kappa shape index (κ1) is 12.2. The van der Waals surface area contributed by atoms with E-state index in [4.69, 9.17) is 5.73 Å². The molecule has 0 saturated heterocycles. The number of nitrogens with two attached hydrogens (primary N) is 1. The molecule has 1 saturated carbocycles. The molecule has 2 nitrogen and oxygen atoms in total. The van der Waals surface area contributed by atoms with E-state index in [2.05, 4.69) is 0 Å². The summed E-state index contributed by atoms with van der Waals surface area (Å²) in [6.07, 6.45) is -2.95. The van der Waals surface area contributed by atoms with Crippen molar-refractivity contribution in [2.75, 3.05) is 0 Å². The maximum atomic E-state index is 12.6. The maximum Gasteiger partial charge on any atom is 0.416 e. The lowest BCUT2D eigenvalue weighted by Gasteiger charge is -2.22. The standard InChI is InChI=1S/C12H14F3NO/c1-7(16)11(4-5-11)9-6-8(12(13,14)15)2-3-10(9)17/h2-3,6-7,17H,4-5,16H2,1H3. The Morgan fingerprint density at radius 2 is 1.94 bits per heavy atom. The van der Waals surface area contributed by atoms with Gasteiger partial charge in [0.05, 0.1) is 5.56 Å². The fourth-order valence-corrected chi connectivity index (χ4v) is 2.22. The lowest BCUT2D eigenvalue weighted by molar-refractivity contribution is -0.137. The van der Waals surface area contributed by atoms with Crippen LogP contribution in [0.2, 0.25) is 0 Å². The molecule has 5 heteroatoms. The highest BCUT2D eigenvalue weighted by Gasteiger charge is 2.49. The van der Waals surface area contributed by atoms with Crippen molar-refractivity contribution in [3.63, 3.8) is 0 Å². The minimum Gasteiger partial charge on any atom is -0.508 e. The van der Waals surface area contributed by atoms with Gasteiger partial charge >= 0.3 is 6.18 Å². The fourth-order valence-electron chi connectivity index (χ4n) is 2.22. The van der Waals surface area contributed by atoms with Crippen LogP contribution in [0.5, 0.6) is 5.75 Å². The van der Waals surface area contributed by atoms with Crippen molar-refractivity contribution in [2.24, 2.45) is 5.73 Å². The van der Waals surface area contributed by atoms with Crippen LogP contribution in [0.4, 0.5) is 13.2 Å². The molecule has 0 amide bonds. The molecule has 94 valence electrons. The van der Waals surface area contributed by atoms with E-state index in [0.29, 0.717) is 5.56 Å². The number of hydrogen-bond acceptors (Lipinski definition) is 2. The van der Waals surface area contributed by atoms with Gasteiger partial charge in [0.2, 0.25) is 0 Å². The molecule has 0 aliphatic heterocycles. The smallest absolute Gasteiger partial charge is 0.416 e. The predicted octanol–water partition coefficient (Wildman–Crippen LogP) is 2.79. The van der Waals surface area contributed by atoms with Crippen LogP contribution in [0.25, 0.3) is 0 Å². The number of halogens is 3. The molecule has 1 fully saturated rings. The molecular weight excluding hydrogens is 231 g/mol. The molecule has 1 aromatic rings. The van der Waals surface area contributed by atoms with Crippen molar-refractivity contribution in [1.29, 1.82) is 0 Å². The van der Waals surface area contributed by atoms with Crippen LogP contribution in [0, 0.1) is 0 Å². The first-order chi connectivity index (χ1) is 7.77. The van der Waals surface area contributed by atoms with E-state index < -0.39 is 17.2 Å². The van der Waals surface area contributed by atoms with Gasteiger partial charge in [-0.15, -0.1) is 0 Å². The highest BCUT2D eigenvalue weighted by Crippen LogP contribution is 2.53. The summed E-state index contributed by atoms with van der Waals surface area (Å²) in [4.78, 5) is 0. The Bertz CT molecular complexity index is 436. The van der Waals surface area contributed by atoms with Crippen molar-refractivity contribution in [3.05, 3.63) is 29.3 Å². The number of phenolic OH excluding ortho intramolecular Hbond substituents is 1. The van der Waals surface area contributed by atoms with Crippen molar-refractivity contribution < 1.29 is 18.3 Å². The first-order valence-electron chi connectivity index (χ1n) is 5.44. The summed E-state index contributed by atoms with van der Waals surface area (Å²) in [5.41, 5.74) is 4.90. The second kappa shape index (κ2) is 3.63. The molecule has 1 aliphatic rings. The molecule has 17 heavy (non-hydrogen) atoms. The van der Waals surface area contributed by atoms with Crippen LogP contribution in [0.3, 0.4) is 0 Å². The zero-order chi connectivity index (χ0) is 12.8. The number of hydrogen-bond donors (Lipinski definition) is 2. The second-order valence-electron chi connectivity index (χ2n) is 4.67. The highest BCUT2D eigenvalue weighted by molar-refractivity contribution is 5.46. The lowest BCUT2D eigenvalue weighted by Crippen LogP contribution is -2.31. The summed E-state index contributed by atoms with van der Waals surface area (Å²) in [6.45, 7) is 1.76. The third-order valence-electron chi connectivity index (χ3n) is 3.52. The summed E-state index contributed by atoms with van der Waals surface area (Å²) in [5.74, 6) is -0.104. The van der Waals surface area contributed by atoms with Crippen LogP contribution >= 0.6 is 0 Å². The van der Waals surface area contributed by atoms with Crippen molar-refractivity contribution in [3.8, 4) is 5.75 Å². The topological polar surface area (TPSA) is 46.2 Å². The van der Waals surface area contributed by atoms with Crippen LogP contribution in [0.15, 0.2) is 18.2 Å². The van der Waals surface area contributed by atoms with Gasteiger partial charge in [0, 0.05) is 17.0 Å². The lowest BCUT2D eigenvalue weighted by atomic mass is 9.87. The Hall–Kier alpha value is -1.23. The first-order valence-corrected chi connectivity index (χ1v) is 5.44. The van der Waals surface area contributed by atoms with Crippen LogP contribution in [0.1, 0.15) is 30.9 Å². The normalized spacial score (nSPS) is 20.1. The minimum atomic E-state index is -4.39. The zero-order valence-electron chi connectivity index (χ0n) is 9.38. The molecular formula is C12H14F3NO. The molecule has 1 aromatic carbocycles. The van der Waals surface area contributed by atoms with Gasteiger partial charge in [-0.25, -0.2) is 0 Å². The van der Waals surface area contributed by atoms with Crippen molar-refractivity contribution >= 4 is 0 Å². The molecule has 1 atom stereocenters. The summed E-state index contributed by atoms with van der Waals surface area (Å²) < 4.78 is 37.8. The number of alkyl halides is 3. The van der Waals surface area contributed by atoms with E-state index in [9.17, 15) is 18.3 Å². The summed E-state index contributed by atoms with van der Waals surface area (Å²) in [5, 5.41) is 9.70. The zero-order valence-corrected chi connectivity index (χ0v) is 9.38. The Labute approximate surface area is 97.2 Å². The predicted molar refractivity (Wildman–Crippen MR) is 57.7 cm³/mol. The highest BCUT2D eigenvalue weighted by atomic mass is 19.4. The summed E-state index contributed by atoms with van der Waals surface area (Å²) in [7, 11) is 0. The summed E-state index contributed by atoms with van der Waals surface area (Å²) in [6, 6.07) is 2.74. The molecule has 0 bridgehead atoms. The number of rotatable bonds is 2. The van der Waals surface area contributed by atoms with Crippen LogP contribution < -0.4 is 5.73 Å². The summed E-state index contributed by atoms with van der Waals surface area (Å²) >= 11 is 0. The van der Waals surface area contributed by atoms with Crippen LogP contribution in [-0.2, 0) is 11.6 Å². The Morgan fingerprint density at radius 3 is 2.35 bits per heavy atom. The SMILES string of the molecule is CC(N)C1(c2cc(C(F)(F)F)ccc2O)CC1. The van der Waals surface area contributed by atoms with Gasteiger partial charge in [-0.2, -0.15) is 13.2 Å². The van der Waals surface area contributed by atoms with Gasteiger partial charge in [-0.3, -0.25) is 0 Å². The minimum absolute atomic E-state index is 0.104. The van der Waals surface area contributed by atoms with Gasteiger partial charge in [-0.05, 0) is 38.0 Å². The van der Waals surface area contributed by atoms with Gasteiger partial charge in [0.25, 0.3) is 0 Å². The number of phenols is 1. The van der Waals surface area contributed by atoms with Crippen molar-refractivity contribution in [2.45, 2.75) is 37.4 Å². The molecule has 0 radical (unpaired) electrons. The molecule has 0 heterocycles. The molecule has 0 spiro atoms. The molecule has 0 aromatic heterocycles. The van der Waals surface area contributed by atoms with Gasteiger partial charge < -0.3 is 10.8 Å². The van der Waals surface area contributed by atoms with Gasteiger partial charge in [0.15, 0.2) is 0 Å². The monoisotopic (exact) mass is 245 g/mol. The average Bonchev–Trinajstić information content (AvgIpc) is 2.97. The van der Waals surface area contributed by atoms with E-state index in [1.165, 1.54) is 0 Å². The van der Waals surface area contributed by atoms with E-state index in [1.807, 2.05) is 0 Å². The largest absolute Gasteiger partial charge is 0.508 e. The van der Waals surface area contributed by atoms with E-state index in [-0.39, 0.29) is 11.8 Å².